The predicted molar refractivity (Wildman–Crippen MR) is 140 cm³/mol. The van der Waals surface area contributed by atoms with E-state index in [2.05, 4.69) is 16.5 Å². The van der Waals surface area contributed by atoms with E-state index >= 15 is 0 Å². The number of carboxylic acid groups (broad SMARTS) is 1. The van der Waals surface area contributed by atoms with Crippen molar-refractivity contribution in [1.29, 1.82) is 0 Å². The van der Waals surface area contributed by atoms with Crippen LogP contribution in [-0.2, 0) is 16.1 Å². The summed E-state index contributed by atoms with van der Waals surface area (Å²) in [4.78, 5) is 39.4. The summed E-state index contributed by atoms with van der Waals surface area (Å²) in [6, 6.07) is 0.192. The largest absolute Gasteiger partial charge is 0.481 e. The maximum Gasteiger partial charge on any atom is 0.306 e. The molecule has 2 N–H and O–H groups in total. The summed E-state index contributed by atoms with van der Waals surface area (Å²) in [5.41, 5.74) is 2.01. The first-order valence-electron chi connectivity index (χ1n) is 14.7. The van der Waals surface area contributed by atoms with Gasteiger partial charge in [-0.3, -0.25) is 14.4 Å². The number of fused-ring (bicyclic) bond motifs is 1. The van der Waals surface area contributed by atoms with Crippen LogP contribution in [0.1, 0.15) is 81.0 Å². The van der Waals surface area contributed by atoms with Gasteiger partial charge in [-0.25, -0.2) is 4.68 Å². The van der Waals surface area contributed by atoms with Crippen molar-refractivity contribution in [3.8, 4) is 5.88 Å². The highest BCUT2D eigenvalue weighted by Crippen LogP contribution is 2.57. The third-order valence-electron chi connectivity index (χ3n) is 9.87. The third kappa shape index (κ3) is 4.96. The predicted octanol–water partition coefficient (Wildman–Crippen LogP) is 3.64. The minimum Gasteiger partial charge on any atom is -0.481 e. The Kier molecular flexibility index (Phi) is 7.18. The summed E-state index contributed by atoms with van der Waals surface area (Å²) in [7, 11) is 0. The highest BCUT2D eigenvalue weighted by Gasteiger charge is 2.52. The molecule has 5 aliphatic carbocycles. The maximum atomic E-state index is 13.5. The van der Waals surface area contributed by atoms with Crippen LogP contribution in [0.2, 0.25) is 0 Å². The number of carbonyl (C=O) groups excluding carboxylic acids is 2. The average Bonchev–Trinajstić information content (AvgIpc) is 3.34. The topological polar surface area (TPSA) is 114 Å². The van der Waals surface area contributed by atoms with E-state index in [9.17, 15) is 19.5 Å². The van der Waals surface area contributed by atoms with E-state index in [-0.39, 0.29) is 30.2 Å². The molecule has 1 aliphatic heterocycles. The molecule has 7 rings (SSSR count). The van der Waals surface area contributed by atoms with Gasteiger partial charge in [-0.05, 0) is 62.7 Å². The van der Waals surface area contributed by atoms with Crippen molar-refractivity contribution in [2.24, 2.45) is 29.6 Å². The number of amides is 2. The Morgan fingerprint density at radius 3 is 2.55 bits per heavy atom. The van der Waals surface area contributed by atoms with Crippen LogP contribution in [0.3, 0.4) is 0 Å². The van der Waals surface area contributed by atoms with E-state index in [1.165, 1.54) is 32.1 Å². The Hall–Kier alpha value is -2.84. The normalized spacial score (nSPS) is 28.9. The van der Waals surface area contributed by atoms with Crippen LogP contribution in [0.5, 0.6) is 5.88 Å². The number of hydrogen-bond acceptors (Lipinski definition) is 5. The van der Waals surface area contributed by atoms with Crippen LogP contribution < -0.4 is 10.1 Å². The van der Waals surface area contributed by atoms with Gasteiger partial charge in [0.25, 0.3) is 5.91 Å². The molecule has 0 radical (unpaired) electrons. The first-order chi connectivity index (χ1) is 18.5. The molecule has 4 unspecified atom stereocenters. The number of piperidine rings is 1. The van der Waals surface area contributed by atoms with Gasteiger partial charge < -0.3 is 20.1 Å². The zero-order chi connectivity index (χ0) is 26.2. The quantitative estimate of drug-likeness (QED) is 0.477. The van der Waals surface area contributed by atoms with Crippen LogP contribution in [0.25, 0.3) is 0 Å². The van der Waals surface area contributed by atoms with Crippen molar-refractivity contribution >= 4 is 17.8 Å². The molecule has 1 saturated heterocycles. The lowest BCUT2D eigenvalue weighted by Gasteiger charge is -2.56. The Morgan fingerprint density at radius 1 is 1.08 bits per heavy atom. The van der Waals surface area contributed by atoms with Gasteiger partial charge in [0.15, 0.2) is 0 Å². The molecule has 0 spiro atoms. The number of carboxylic acids is 1. The second kappa shape index (κ2) is 10.7. The molecule has 2 amide bonds. The molecule has 1 aromatic rings. The molecule has 6 aliphatic rings. The first-order valence-corrected chi connectivity index (χ1v) is 14.7. The standard InChI is InChI=1S/C29H40N4O5/c34-25(32-11-8-19(9-12-32)29(36)37)10-13-33-28(38-17-18-4-2-1-3-5-18)24(16-30-33)27(35)31-26-20-6-7-22-21(14-20)15-23(22)26/h7,16,18-21,23,26H,1-6,8-15,17H2,(H,31,35)(H,36,37). The molecule has 3 saturated carbocycles. The average molecular weight is 525 g/mol. The summed E-state index contributed by atoms with van der Waals surface area (Å²) >= 11 is 0. The zero-order valence-electron chi connectivity index (χ0n) is 22.1. The van der Waals surface area contributed by atoms with Crippen molar-refractivity contribution in [3.63, 3.8) is 0 Å². The Balaban J connectivity index is 1.12. The molecule has 1 aromatic heterocycles. The monoisotopic (exact) mass is 524 g/mol. The highest BCUT2D eigenvalue weighted by molar-refractivity contribution is 5.96. The molecular weight excluding hydrogens is 484 g/mol. The number of ether oxygens (including phenoxy) is 1. The van der Waals surface area contributed by atoms with Crippen molar-refractivity contribution in [1.82, 2.24) is 20.0 Å². The van der Waals surface area contributed by atoms with Crippen molar-refractivity contribution in [2.75, 3.05) is 19.7 Å². The van der Waals surface area contributed by atoms with E-state index in [1.54, 1.807) is 21.4 Å². The third-order valence-corrected chi connectivity index (χ3v) is 9.87. The second-order valence-electron chi connectivity index (χ2n) is 12.1. The number of nitrogens with zero attached hydrogens (tertiary/aromatic N) is 3. The molecule has 4 bridgehead atoms. The van der Waals surface area contributed by atoms with Crippen LogP contribution in [0.15, 0.2) is 17.8 Å². The number of allylic oxidation sites excluding steroid dienone is 1. The van der Waals surface area contributed by atoms with Gasteiger partial charge in [0.1, 0.15) is 5.56 Å². The van der Waals surface area contributed by atoms with E-state index in [4.69, 9.17) is 4.74 Å². The van der Waals surface area contributed by atoms with E-state index in [1.807, 2.05) is 0 Å². The molecule has 9 heteroatoms. The molecule has 4 fully saturated rings. The summed E-state index contributed by atoms with van der Waals surface area (Å²) in [6.07, 6.45) is 14.6. The number of likely N-dealkylation sites (tertiary alicyclic amines) is 1. The molecular formula is C29H40N4O5. The van der Waals surface area contributed by atoms with Gasteiger partial charge in [-0.15, -0.1) is 0 Å². The van der Waals surface area contributed by atoms with Crippen LogP contribution in [-0.4, -0.2) is 63.3 Å². The summed E-state index contributed by atoms with van der Waals surface area (Å²) in [5, 5.41) is 17.1. The van der Waals surface area contributed by atoms with Crippen LogP contribution in [0, 0.1) is 29.6 Å². The Labute approximate surface area is 224 Å². The lowest BCUT2D eigenvalue weighted by atomic mass is 9.51. The number of aromatic nitrogens is 2. The van der Waals surface area contributed by atoms with E-state index in [0.29, 0.717) is 68.3 Å². The van der Waals surface area contributed by atoms with E-state index < -0.39 is 5.97 Å². The summed E-state index contributed by atoms with van der Waals surface area (Å²) in [6.45, 7) is 1.82. The lowest BCUT2D eigenvalue weighted by molar-refractivity contribution is -0.145. The fourth-order valence-electron chi connectivity index (χ4n) is 7.57. The number of aryl methyl sites for hydroxylation is 1. The van der Waals surface area contributed by atoms with Crippen molar-refractivity contribution < 1.29 is 24.2 Å². The van der Waals surface area contributed by atoms with E-state index in [0.717, 1.165) is 25.2 Å². The molecule has 0 aromatic carbocycles. The van der Waals surface area contributed by atoms with Gasteiger partial charge in [0.2, 0.25) is 11.8 Å². The van der Waals surface area contributed by atoms with Crippen LogP contribution >= 0.6 is 0 Å². The van der Waals surface area contributed by atoms with Gasteiger partial charge in [0.05, 0.1) is 25.3 Å². The van der Waals surface area contributed by atoms with Gasteiger partial charge in [0, 0.05) is 31.5 Å². The number of rotatable bonds is 9. The lowest BCUT2D eigenvalue weighted by Crippen LogP contribution is -2.58. The highest BCUT2D eigenvalue weighted by atomic mass is 16.5. The van der Waals surface area contributed by atoms with Gasteiger partial charge in [-0.1, -0.05) is 30.9 Å². The molecule has 206 valence electrons. The minimum atomic E-state index is -0.783. The molecule has 2 heterocycles. The molecule has 9 nitrogen and oxygen atoms in total. The number of nitrogens with one attached hydrogen (secondary N) is 1. The van der Waals surface area contributed by atoms with Crippen molar-refractivity contribution in [3.05, 3.63) is 23.4 Å². The Morgan fingerprint density at radius 2 is 1.87 bits per heavy atom. The maximum absolute atomic E-state index is 13.5. The second-order valence-corrected chi connectivity index (χ2v) is 12.1. The van der Waals surface area contributed by atoms with Crippen LogP contribution in [0.4, 0.5) is 0 Å². The molecule has 4 atom stereocenters. The van der Waals surface area contributed by atoms with Gasteiger partial charge >= 0.3 is 5.97 Å². The van der Waals surface area contributed by atoms with Gasteiger partial charge in [-0.2, -0.15) is 5.10 Å². The zero-order valence-corrected chi connectivity index (χ0v) is 22.1. The smallest absolute Gasteiger partial charge is 0.306 e. The number of carbonyl (C=O) groups is 3. The number of aliphatic carboxylic acids is 1. The van der Waals surface area contributed by atoms with Crippen molar-refractivity contribution in [2.45, 2.75) is 83.2 Å². The fourth-order valence-corrected chi connectivity index (χ4v) is 7.57. The SMILES string of the molecule is O=C(NC1C2CC=C3C(C2)CC31)c1cnn(CCC(=O)N2CCC(C(=O)O)CC2)c1OCC1CCCCC1. The summed E-state index contributed by atoms with van der Waals surface area (Å²) < 4.78 is 7.99. The number of hydrogen-bond donors (Lipinski definition) is 2. The first kappa shape index (κ1) is 25.4. The Bertz CT molecular complexity index is 1100. The minimum absolute atomic E-state index is 0.0142. The fraction of sp³-hybridized carbons (Fsp3) is 0.724. The summed E-state index contributed by atoms with van der Waals surface area (Å²) in [5.74, 6) is 1.41. The molecule has 38 heavy (non-hydrogen) atoms.